The van der Waals surface area contributed by atoms with Crippen molar-refractivity contribution in [2.24, 2.45) is 0 Å². The van der Waals surface area contributed by atoms with Gasteiger partial charge in [0.05, 0.1) is 6.61 Å². The molecular formula is C26H28ClNO2. The number of benzene rings is 3. The molecule has 3 aromatic rings. The van der Waals surface area contributed by atoms with E-state index in [1.165, 1.54) is 5.56 Å². The van der Waals surface area contributed by atoms with Crippen molar-refractivity contribution in [3.05, 3.63) is 101 Å². The molecule has 0 spiro atoms. The molecule has 0 amide bonds. The van der Waals surface area contributed by atoms with Gasteiger partial charge in [0.2, 0.25) is 0 Å². The van der Waals surface area contributed by atoms with E-state index in [2.05, 4.69) is 49.2 Å². The van der Waals surface area contributed by atoms with Crippen molar-refractivity contribution >= 4 is 17.3 Å². The van der Waals surface area contributed by atoms with Crippen molar-refractivity contribution in [1.82, 2.24) is 0 Å². The first kappa shape index (κ1) is 21.8. The van der Waals surface area contributed by atoms with Gasteiger partial charge in [-0.05, 0) is 56.2 Å². The van der Waals surface area contributed by atoms with E-state index in [0.29, 0.717) is 31.2 Å². The fourth-order valence-corrected chi connectivity index (χ4v) is 3.39. The van der Waals surface area contributed by atoms with Crippen molar-refractivity contribution < 1.29 is 9.47 Å². The SMILES string of the molecule is C=CCc1cc(CNc2ccc(C)cc2)cc(OCC)c1OCc1ccccc1Cl. The molecule has 30 heavy (non-hydrogen) atoms. The Hall–Kier alpha value is -2.91. The molecule has 156 valence electrons. The minimum absolute atomic E-state index is 0.380. The summed E-state index contributed by atoms with van der Waals surface area (Å²) in [5.74, 6) is 1.49. The first-order valence-electron chi connectivity index (χ1n) is 10.2. The molecule has 3 aromatic carbocycles. The van der Waals surface area contributed by atoms with Crippen LogP contribution in [0.3, 0.4) is 0 Å². The van der Waals surface area contributed by atoms with Gasteiger partial charge in [0.25, 0.3) is 0 Å². The Balaban J connectivity index is 1.84. The van der Waals surface area contributed by atoms with Gasteiger partial charge in [-0.3, -0.25) is 0 Å². The smallest absolute Gasteiger partial charge is 0.165 e. The Morgan fingerprint density at radius 1 is 1.00 bits per heavy atom. The molecule has 0 bridgehead atoms. The second kappa shape index (κ2) is 10.7. The lowest BCUT2D eigenvalue weighted by atomic mass is 10.0. The van der Waals surface area contributed by atoms with Gasteiger partial charge in [-0.2, -0.15) is 0 Å². The van der Waals surface area contributed by atoms with E-state index in [0.717, 1.165) is 33.9 Å². The Morgan fingerprint density at radius 3 is 2.47 bits per heavy atom. The molecule has 0 heterocycles. The molecule has 0 radical (unpaired) electrons. The number of hydrogen-bond donors (Lipinski definition) is 1. The Bertz CT molecular complexity index is 983. The summed E-state index contributed by atoms with van der Waals surface area (Å²) < 4.78 is 12.1. The quantitative estimate of drug-likeness (QED) is 0.358. The van der Waals surface area contributed by atoms with Gasteiger partial charge in [0.15, 0.2) is 11.5 Å². The van der Waals surface area contributed by atoms with Gasteiger partial charge in [0, 0.05) is 28.4 Å². The molecule has 0 unspecified atom stereocenters. The second-order valence-electron chi connectivity index (χ2n) is 7.11. The molecule has 3 nitrogen and oxygen atoms in total. The van der Waals surface area contributed by atoms with E-state index in [1.54, 1.807) is 0 Å². The molecule has 4 heteroatoms. The standard InChI is InChI=1S/C26H28ClNO2/c1-4-8-21-15-20(17-28-23-13-11-19(3)12-14-23)16-25(29-5-2)26(21)30-18-22-9-6-7-10-24(22)27/h4,6-7,9-16,28H,1,5,8,17-18H2,2-3H3. The second-order valence-corrected chi connectivity index (χ2v) is 7.51. The third-order valence-electron chi connectivity index (χ3n) is 4.73. The molecule has 1 N–H and O–H groups in total. The van der Waals surface area contributed by atoms with Gasteiger partial charge in [-0.1, -0.05) is 53.6 Å². The van der Waals surface area contributed by atoms with Gasteiger partial charge < -0.3 is 14.8 Å². The Kier molecular flexibility index (Phi) is 7.81. The van der Waals surface area contributed by atoms with Crippen molar-refractivity contribution in [1.29, 1.82) is 0 Å². The number of anilines is 1. The summed E-state index contributed by atoms with van der Waals surface area (Å²) in [7, 11) is 0. The van der Waals surface area contributed by atoms with E-state index in [1.807, 2.05) is 43.3 Å². The van der Waals surface area contributed by atoms with Crippen LogP contribution in [0.2, 0.25) is 5.02 Å². The van der Waals surface area contributed by atoms with E-state index in [4.69, 9.17) is 21.1 Å². The minimum Gasteiger partial charge on any atom is -0.490 e. The van der Waals surface area contributed by atoms with Gasteiger partial charge in [-0.15, -0.1) is 6.58 Å². The molecular weight excluding hydrogens is 394 g/mol. The molecule has 0 aliphatic rings. The normalized spacial score (nSPS) is 10.5. The van der Waals surface area contributed by atoms with Crippen LogP contribution in [-0.2, 0) is 19.6 Å². The van der Waals surface area contributed by atoms with Crippen LogP contribution in [0.4, 0.5) is 5.69 Å². The lowest BCUT2D eigenvalue weighted by molar-refractivity contribution is 0.267. The van der Waals surface area contributed by atoms with E-state index in [9.17, 15) is 0 Å². The Labute approximate surface area is 184 Å². The highest BCUT2D eigenvalue weighted by Crippen LogP contribution is 2.35. The van der Waals surface area contributed by atoms with Crippen molar-refractivity contribution in [3.8, 4) is 11.5 Å². The number of aryl methyl sites for hydroxylation is 1. The number of ether oxygens (including phenoxy) is 2. The predicted molar refractivity (Wildman–Crippen MR) is 126 cm³/mol. The summed E-state index contributed by atoms with van der Waals surface area (Å²) in [5.41, 5.74) is 5.44. The minimum atomic E-state index is 0.380. The maximum atomic E-state index is 6.29. The molecule has 0 atom stereocenters. The van der Waals surface area contributed by atoms with E-state index in [-0.39, 0.29) is 0 Å². The molecule has 0 saturated carbocycles. The Morgan fingerprint density at radius 2 is 1.77 bits per heavy atom. The van der Waals surface area contributed by atoms with Crippen LogP contribution in [-0.4, -0.2) is 6.61 Å². The third-order valence-corrected chi connectivity index (χ3v) is 5.10. The van der Waals surface area contributed by atoms with Crippen molar-refractivity contribution in [2.75, 3.05) is 11.9 Å². The van der Waals surface area contributed by atoms with Gasteiger partial charge in [0.1, 0.15) is 6.61 Å². The summed E-state index contributed by atoms with van der Waals surface area (Å²) in [6.45, 7) is 9.60. The van der Waals surface area contributed by atoms with Gasteiger partial charge >= 0.3 is 0 Å². The molecule has 0 aromatic heterocycles. The number of nitrogens with one attached hydrogen (secondary N) is 1. The molecule has 0 saturated heterocycles. The van der Waals surface area contributed by atoms with Crippen LogP contribution in [0.25, 0.3) is 0 Å². The van der Waals surface area contributed by atoms with E-state index >= 15 is 0 Å². The summed E-state index contributed by atoms with van der Waals surface area (Å²) >= 11 is 6.29. The topological polar surface area (TPSA) is 30.5 Å². The number of rotatable bonds is 10. The average molecular weight is 422 g/mol. The highest BCUT2D eigenvalue weighted by atomic mass is 35.5. The van der Waals surface area contributed by atoms with Crippen LogP contribution >= 0.6 is 11.6 Å². The summed E-state index contributed by atoms with van der Waals surface area (Å²) in [5, 5.41) is 4.17. The molecule has 3 rings (SSSR count). The van der Waals surface area contributed by atoms with Crippen LogP contribution < -0.4 is 14.8 Å². The van der Waals surface area contributed by atoms with E-state index < -0.39 is 0 Å². The molecule has 0 aliphatic carbocycles. The lowest BCUT2D eigenvalue weighted by Gasteiger charge is -2.18. The highest BCUT2D eigenvalue weighted by Gasteiger charge is 2.14. The summed E-state index contributed by atoms with van der Waals surface area (Å²) in [6, 6.07) is 20.3. The fraction of sp³-hybridized carbons (Fsp3) is 0.231. The first-order valence-corrected chi connectivity index (χ1v) is 10.5. The largest absolute Gasteiger partial charge is 0.490 e. The molecule has 0 aliphatic heterocycles. The number of halogens is 1. The monoisotopic (exact) mass is 421 g/mol. The van der Waals surface area contributed by atoms with Crippen LogP contribution in [0.5, 0.6) is 11.5 Å². The predicted octanol–water partition coefficient (Wildman–Crippen LogP) is 6.97. The maximum Gasteiger partial charge on any atom is 0.165 e. The first-order chi connectivity index (χ1) is 14.6. The third kappa shape index (κ3) is 5.80. The maximum absolute atomic E-state index is 6.29. The van der Waals surface area contributed by atoms with Crippen LogP contribution in [0.1, 0.15) is 29.2 Å². The average Bonchev–Trinajstić information content (AvgIpc) is 2.74. The van der Waals surface area contributed by atoms with Gasteiger partial charge in [-0.25, -0.2) is 0 Å². The number of allylic oxidation sites excluding steroid dienone is 1. The molecule has 0 fully saturated rings. The fourth-order valence-electron chi connectivity index (χ4n) is 3.20. The zero-order chi connectivity index (χ0) is 21.3. The zero-order valence-corrected chi connectivity index (χ0v) is 18.3. The highest BCUT2D eigenvalue weighted by molar-refractivity contribution is 6.31. The van der Waals surface area contributed by atoms with Crippen molar-refractivity contribution in [3.63, 3.8) is 0 Å². The van der Waals surface area contributed by atoms with Crippen molar-refractivity contribution in [2.45, 2.75) is 33.4 Å². The number of hydrogen-bond acceptors (Lipinski definition) is 3. The van der Waals surface area contributed by atoms with Crippen LogP contribution in [0, 0.1) is 6.92 Å². The summed E-state index contributed by atoms with van der Waals surface area (Å²) in [4.78, 5) is 0. The summed E-state index contributed by atoms with van der Waals surface area (Å²) in [6.07, 6.45) is 2.57. The van der Waals surface area contributed by atoms with Crippen LogP contribution in [0.15, 0.2) is 73.3 Å². The lowest BCUT2D eigenvalue weighted by Crippen LogP contribution is -2.06. The zero-order valence-electron chi connectivity index (χ0n) is 17.6.